The smallest absolute Gasteiger partial charge is 0.310 e. The molecule has 0 bridgehead atoms. The van der Waals surface area contributed by atoms with Crippen LogP contribution >= 0.6 is 0 Å². The Kier molecular flexibility index (Phi) is 7.68. The number of hydrogen-bond donors (Lipinski definition) is 1. The van der Waals surface area contributed by atoms with E-state index in [9.17, 15) is 9.59 Å². The Hall–Kier alpha value is -3.22. The maximum absolute atomic E-state index is 12.2. The van der Waals surface area contributed by atoms with Gasteiger partial charge < -0.3 is 24.4 Å². The van der Waals surface area contributed by atoms with Crippen molar-refractivity contribution in [2.24, 2.45) is 0 Å². The summed E-state index contributed by atoms with van der Waals surface area (Å²) >= 11 is 0. The third-order valence-corrected chi connectivity index (χ3v) is 3.96. The molecular formula is C21H26N2O5. The summed E-state index contributed by atoms with van der Waals surface area (Å²) in [5.74, 6) is 0.228. The molecule has 0 radical (unpaired) electrons. The summed E-state index contributed by atoms with van der Waals surface area (Å²) in [4.78, 5) is 26.1. The van der Waals surface area contributed by atoms with Gasteiger partial charge in [0.25, 0.3) is 5.91 Å². The first-order chi connectivity index (χ1) is 13.4. The van der Waals surface area contributed by atoms with Crippen molar-refractivity contribution in [2.45, 2.75) is 19.4 Å². The molecule has 1 unspecified atom stereocenters. The van der Waals surface area contributed by atoms with E-state index in [1.807, 2.05) is 43.3 Å². The second kappa shape index (κ2) is 10.2. The third kappa shape index (κ3) is 6.19. The van der Waals surface area contributed by atoms with Crippen molar-refractivity contribution in [3.05, 3.63) is 48.5 Å². The van der Waals surface area contributed by atoms with Crippen LogP contribution in [0.25, 0.3) is 0 Å². The van der Waals surface area contributed by atoms with Crippen LogP contribution in [0.15, 0.2) is 48.5 Å². The number of nitrogens with one attached hydrogen (secondary N) is 1. The van der Waals surface area contributed by atoms with Gasteiger partial charge in [-0.05, 0) is 43.3 Å². The van der Waals surface area contributed by atoms with E-state index < -0.39 is 18.0 Å². The molecule has 0 aromatic heterocycles. The average Bonchev–Trinajstić information content (AvgIpc) is 2.68. The van der Waals surface area contributed by atoms with Gasteiger partial charge in [-0.2, -0.15) is 0 Å². The van der Waals surface area contributed by atoms with Gasteiger partial charge in [0.1, 0.15) is 0 Å². The van der Waals surface area contributed by atoms with Crippen LogP contribution < -0.4 is 19.7 Å². The molecule has 150 valence electrons. The van der Waals surface area contributed by atoms with E-state index >= 15 is 0 Å². The Labute approximate surface area is 165 Å². The SMILES string of the molecule is COc1ccccc1OCCC(=O)OC(C)C(=O)Nc1ccc(N(C)C)cc1. The molecule has 0 aliphatic heterocycles. The maximum atomic E-state index is 12.2. The summed E-state index contributed by atoms with van der Waals surface area (Å²) in [7, 11) is 5.42. The second-order valence-corrected chi connectivity index (χ2v) is 6.31. The zero-order chi connectivity index (χ0) is 20.5. The molecule has 0 heterocycles. The van der Waals surface area contributed by atoms with E-state index in [2.05, 4.69) is 5.32 Å². The highest BCUT2D eigenvalue weighted by atomic mass is 16.6. The molecule has 0 spiro atoms. The van der Waals surface area contributed by atoms with Crippen molar-refractivity contribution in [2.75, 3.05) is 38.0 Å². The number of methoxy groups -OCH3 is 1. The standard InChI is InChI=1S/C21H26N2O5/c1-15(21(25)22-16-9-11-17(12-10-16)23(2)3)28-20(24)13-14-27-19-8-6-5-7-18(19)26-4/h5-12,15H,13-14H2,1-4H3,(H,22,25). The first-order valence-electron chi connectivity index (χ1n) is 8.94. The van der Waals surface area contributed by atoms with Crippen LogP contribution in [0.3, 0.4) is 0 Å². The zero-order valence-corrected chi connectivity index (χ0v) is 16.6. The Balaban J connectivity index is 1.77. The quantitative estimate of drug-likeness (QED) is 0.668. The van der Waals surface area contributed by atoms with Gasteiger partial charge in [0.2, 0.25) is 0 Å². The summed E-state index contributed by atoms with van der Waals surface area (Å²) in [6, 6.07) is 14.5. The van der Waals surface area contributed by atoms with Crippen LogP contribution in [0.4, 0.5) is 11.4 Å². The molecule has 1 N–H and O–H groups in total. The Morgan fingerprint density at radius 1 is 1.04 bits per heavy atom. The fraction of sp³-hybridized carbons (Fsp3) is 0.333. The highest BCUT2D eigenvalue weighted by Crippen LogP contribution is 2.25. The second-order valence-electron chi connectivity index (χ2n) is 6.31. The van der Waals surface area contributed by atoms with Crippen LogP contribution in [0.5, 0.6) is 11.5 Å². The summed E-state index contributed by atoms with van der Waals surface area (Å²) in [5.41, 5.74) is 1.66. The molecule has 2 rings (SSSR count). The topological polar surface area (TPSA) is 77.1 Å². The average molecular weight is 386 g/mol. The number of rotatable bonds is 9. The van der Waals surface area contributed by atoms with Crippen molar-refractivity contribution in [3.8, 4) is 11.5 Å². The van der Waals surface area contributed by atoms with Crippen molar-refractivity contribution >= 4 is 23.3 Å². The van der Waals surface area contributed by atoms with Gasteiger partial charge in [-0.15, -0.1) is 0 Å². The molecule has 7 heteroatoms. The summed E-state index contributed by atoms with van der Waals surface area (Å²) in [6.07, 6.45) is -0.889. The van der Waals surface area contributed by atoms with Crippen LogP contribution in [0.2, 0.25) is 0 Å². The summed E-state index contributed by atoms with van der Waals surface area (Å²) < 4.78 is 15.9. The molecular weight excluding hydrogens is 360 g/mol. The molecule has 1 atom stereocenters. The number of carbonyl (C=O) groups excluding carboxylic acids is 2. The fourth-order valence-electron chi connectivity index (χ4n) is 2.38. The number of hydrogen-bond acceptors (Lipinski definition) is 6. The van der Waals surface area contributed by atoms with Gasteiger partial charge in [-0.3, -0.25) is 9.59 Å². The number of esters is 1. The number of ether oxygens (including phenoxy) is 3. The lowest BCUT2D eigenvalue weighted by atomic mass is 10.2. The Morgan fingerprint density at radius 3 is 2.29 bits per heavy atom. The summed E-state index contributed by atoms with van der Waals surface area (Å²) in [5, 5.41) is 2.73. The van der Waals surface area contributed by atoms with Gasteiger partial charge in [0.15, 0.2) is 17.6 Å². The van der Waals surface area contributed by atoms with Crippen molar-refractivity contribution in [3.63, 3.8) is 0 Å². The number of para-hydroxylation sites is 2. The molecule has 1 amide bonds. The number of amides is 1. The highest BCUT2D eigenvalue weighted by molar-refractivity contribution is 5.95. The molecule has 0 fully saturated rings. The Morgan fingerprint density at radius 2 is 1.68 bits per heavy atom. The van der Waals surface area contributed by atoms with Gasteiger partial charge in [0, 0.05) is 25.5 Å². The van der Waals surface area contributed by atoms with E-state index in [0.717, 1.165) is 5.69 Å². The van der Waals surface area contributed by atoms with Gasteiger partial charge in [-0.1, -0.05) is 12.1 Å². The normalized spacial score (nSPS) is 11.3. The third-order valence-electron chi connectivity index (χ3n) is 3.96. The van der Waals surface area contributed by atoms with Crippen molar-refractivity contribution in [1.82, 2.24) is 0 Å². The zero-order valence-electron chi connectivity index (χ0n) is 16.6. The minimum absolute atomic E-state index is 0.0210. The largest absolute Gasteiger partial charge is 0.493 e. The van der Waals surface area contributed by atoms with Crippen LogP contribution in [0, 0.1) is 0 Å². The lowest BCUT2D eigenvalue weighted by Crippen LogP contribution is -2.30. The van der Waals surface area contributed by atoms with E-state index in [1.54, 1.807) is 31.4 Å². The Bertz CT molecular complexity index is 790. The van der Waals surface area contributed by atoms with Crippen LogP contribution in [-0.2, 0) is 14.3 Å². The van der Waals surface area contributed by atoms with Gasteiger partial charge in [0.05, 0.1) is 20.1 Å². The minimum atomic E-state index is -0.910. The number of anilines is 2. The van der Waals surface area contributed by atoms with E-state index in [-0.39, 0.29) is 13.0 Å². The van der Waals surface area contributed by atoms with E-state index in [0.29, 0.717) is 17.2 Å². The lowest BCUT2D eigenvalue weighted by Gasteiger charge is -2.15. The van der Waals surface area contributed by atoms with Crippen molar-refractivity contribution in [1.29, 1.82) is 0 Å². The first kappa shape index (κ1) is 21.1. The fourth-order valence-corrected chi connectivity index (χ4v) is 2.38. The maximum Gasteiger partial charge on any atom is 0.310 e. The molecule has 28 heavy (non-hydrogen) atoms. The molecule has 7 nitrogen and oxygen atoms in total. The molecule has 0 aliphatic rings. The summed E-state index contributed by atoms with van der Waals surface area (Å²) in [6.45, 7) is 1.65. The lowest BCUT2D eigenvalue weighted by molar-refractivity contribution is -0.153. The highest BCUT2D eigenvalue weighted by Gasteiger charge is 2.18. The van der Waals surface area contributed by atoms with Crippen LogP contribution in [0.1, 0.15) is 13.3 Å². The van der Waals surface area contributed by atoms with E-state index in [4.69, 9.17) is 14.2 Å². The van der Waals surface area contributed by atoms with Crippen LogP contribution in [-0.4, -0.2) is 45.8 Å². The molecule has 0 aliphatic carbocycles. The first-order valence-corrected chi connectivity index (χ1v) is 8.94. The van der Waals surface area contributed by atoms with Gasteiger partial charge >= 0.3 is 5.97 Å². The number of benzene rings is 2. The number of nitrogens with zero attached hydrogens (tertiary/aromatic N) is 1. The van der Waals surface area contributed by atoms with Crippen molar-refractivity contribution < 1.29 is 23.8 Å². The van der Waals surface area contributed by atoms with E-state index in [1.165, 1.54) is 6.92 Å². The molecule has 2 aromatic rings. The molecule has 2 aromatic carbocycles. The molecule has 0 saturated heterocycles. The predicted molar refractivity (Wildman–Crippen MR) is 108 cm³/mol. The monoisotopic (exact) mass is 386 g/mol. The van der Waals surface area contributed by atoms with Gasteiger partial charge in [-0.25, -0.2) is 0 Å². The minimum Gasteiger partial charge on any atom is -0.493 e. The molecule has 0 saturated carbocycles. The number of carbonyl (C=O) groups is 2. The predicted octanol–water partition coefficient (Wildman–Crippen LogP) is 3.10.